The van der Waals surface area contributed by atoms with Gasteiger partial charge in [0.05, 0.1) is 19.3 Å². The van der Waals surface area contributed by atoms with Gasteiger partial charge in [0, 0.05) is 0 Å². The quantitative estimate of drug-likeness (QED) is 0.856. The molecule has 3 heteroatoms. The summed E-state index contributed by atoms with van der Waals surface area (Å²) in [6, 6.07) is 5.80. The van der Waals surface area contributed by atoms with E-state index in [1.165, 1.54) is 6.42 Å². The van der Waals surface area contributed by atoms with Gasteiger partial charge in [-0.2, -0.15) is 0 Å². The fourth-order valence-electron chi connectivity index (χ4n) is 3.06. The third-order valence-electron chi connectivity index (χ3n) is 4.09. The van der Waals surface area contributed by atoms with Crippen molar-refractivity contribution in [3.8, 4) is 11.5 Å². The zero-order valence-corrected chi connectivity index (χ0v) is 12.8. The molecule has 1 aromatic rings. The Morgan fingerprint density at radius 2 is 1.85 bits per heavy atom. The van der Waals surface area contributed by atoms with Gasteiger partial charge in [0.2, 0.25) is 0 Å². The third kappa shape index (κ3) is 3.45. The first kappa shape index (κ1) is 15.2. The summed E-state index contributed by atoms with van der Waals surface area (Å²) >= 11 is 0. The van der Waals surface area contributed by atoms with Crippen molar-refractivity contribution in [1.29, 1.82) is 0 Å². The molecule has 1 fully saturated rings. The van der Waals surface area contributed by atoms with E-state index < -0.39 is 6.10 Å². The van der Waals surface area contributed by atoms with Gasteiger partial charge in [-0.15, -0.1) is 0 Å². The van der Waals surface area contributed by atoms with Crippen LogP contribution in [0, 0.1) is 11.8 Å². The highest BCUT2D eigenvalue weighted by Crippen LogP contribution is 2.40. The minimum absolute atomic E-state index is 0.373. The van der Waals surface area contributed by atoms with Crippen molar-refractivity contribution in [2.45, 2.75) is 46.1 Å². The molecule has 0 spiro atoms. The zero-order valence-electron chi connectivity index (χ0n) is 12.8. The van der Waals surface area contributed by atoms with Gasteiger partial charge < -0.3 is 14.6 Å². The standard InChI is InChI=1S/C17H26O3/c1-4-19-15-9-8-14(11-16(15)20-5-2)17(18)13-7-6-12(3)10-13/h8-9,11-13,17-18H,4-7,10H2,1-3H3. The Hall–Kier alpha value is -1.22. The normalized spacial score (nSPS) is 23.6. The summed E-state index contributed by atoms with van der Waals surface area (Å²) < 4.78 is 11.2. The average molecular weight is 278 g/mol. The van der Waals surface area contributed by atoms with Crippen LogP contribution in [-0.2, 0) is 0 Å². The van der Waals surface area contributed by atoms with E-state index in [4.69, 9.17) is 9.47 Å². The molecular formula is C17H26O3. The number of rotatable bonds is 6. The SMILES string of the molecule is CCOc1ccc(C(O)C2CCC(C)C2)cc1OCC. The van der Waals surface area contributed by atoms with E-state index in [1.54, 1.807) is 0 Å². The molecule has 1 aliphatic carbocycles. The van der Waals surface area contributed by atoms with E-state index >= 15 is 0 Å². The summed E-state index contributed by atoms with van der Waals surface area (Å²) in [7, 11) is 0. The molecule has 1 aliphatic rings. The van der Waals surface area contributed by atoms with Crippen LogP contribution >= 0.6 is 0 Å². The molecule has 0 aromatic heterocycles. The number of aliphatic hydroxyl groups is 1. The summed E-state index contributed by atoms with van der Waals surface area (Å²) in [5, 5.41) is 10.6. The Balaban J connectivity index is 2.16. The lowest BCUT2D eigenvalue weighted by atomic mass is 9.93. The first-order chi connectivity index (χ1) is 9.65. The Morgan fingerprint density at radius 1 is 1.15 bits per heavy atom. The molecule has 3 unspecified atom stereocenters. The van der Waals surface area contributed by atoms with E-state index in [9.17, 15) is 5.11 Å². The second kappa shape index (κ2) is 6.98. The van der Waals surface area contributed by atoms with E-state index in [0.29, 0.717) is 19.1 Å². The van der Waals surface area contributed by atoms with Crippen LogP contribution < -0.4 is 9.47 Å². The van der Waals surface area contributed by atoms with Crippen LogP contribution in [0.2, 0.25) is 0 Å². The number of hydrogen-bond donors (Lipinski definition) is 1. The molecule has 0 radical (unpaired) electrons. The summed E-state index contributed by atoms with van der Waals surface area (Å²) in [4.78, 5) is 0. The largest absolute Gasteiger partial charge is 0.490 e. The van der Waals surface area contributed by atoms with Gasteiger partial charge in [0.1, 0.15) is 0 Å². The molecule has 0 aliphatic heterocycles. The maximum Gasteiger partial charge on any atom is 0.161 e. The average Bonchev–Trinajstić information content (AvgIpc) is 2.87. The van der Waals surface area contributed by atoms with Crippen molar-refractivity contribution in [2.75, 3.05) is 13.2 Å². The highest BCUT2D eigenvalue weighted by atomic mass is 16.5. The van der Waals surface area contributed by atoms with E-state index in [1.807, 2.05) is 32.0 Å². The van der Waals surface area contributed by atoms with Crippen LogP contribution in [0.25, 0.3) is 0 Å². The number of benzene rings is 1. The summed E-state index contributed by atoms with van der Waals surface area (Å²) in [5.41, 5.74) is 0.941. The smallest absolute Gasteiger partial charge is 0.161 e. The molecule has 0 heterocycles. The maximum absolute atomic E-state index is 10.6. The predicted molar refractivity (Wildman–Crippen MR) is 80.2 cm³/mol. The fourth-order valence-corrected chi connectivity index (χ4v) is 3.06. The van der Waals surface area contributed by atoms with Crippen LogP contribution in [0.3, 0.4) is 0 Å². The topological polar surface area (TPSA) is 38.7 Å². The van der Waals surface area contributed by atoms with Gasteiger partial charge in [-0.3, -0.25) is 0 Å². The minimum Gasteiger partial charge on any atom is -0.490 e. The van der Waals surface area contributed by atoms with Crippen LogP contribution in [0.15, 0.2) is 18.2 Å². The molecular weight excluding hydrogens is 252 g/mol. The van der Waals surface area contributed by atoms with Crippen molar-refractivity contribution < 1.29 is 14.6 Å². The van der Waals surface area contributed by atoms with E-state index in [-0.39, 0.29) is 0 Å². The summed E-state index contributed by atoms with van der Waals surface area (Å²) in [6.45, 7) is 7.38. The zero-order chi connectivity index (χ0) is 14.5. The number of aliphatic hydroxyl groups excluding tert-OH is 1. The maximum atomic E-state index is 10.6. The molecule has 3 atom stereocenters. The lowest BCUT2D eigenvalue weighted by Crippen LogP contribution is -2.10. The Morgan fingerprint density at radius 3 is 2.45 bits per heavy atom. The second-order valence-corrected chi connectivity index (χ2v) is 5.70. The van der Waals surface area contributed by atoms with Gasteiger partial charge in [-0.05, 0) is 56.2 Å². The molecule has 1 aromatic carbocycles. The second-order valence-electron chi connectivity index (χ2n) is 5.70. The van der Waals surface area contributed by atoms with Crippen molar-refractivity contribution >= 4 is 0 Å². The molecule has 20 heavy (non-hydrogen) atoms. The molecule has 3 nitrogen and oxygen atoms in total. The molecule has 1 N–H and O–H groups in total. The number of hydrogen-bond acceptors (Lipinski definition) is 3. The molecule has 0 saturated heterocycles. The van der Waals surface area contributed by atoms with Crippen molar-refractivity contribution in [2.24, 2.45) is 11.8 Å². The molecule has 0 bridgehead atoms. The number of ether oxygens (including phenoxy) is 2. The Kier molecular flexibility index (Phi) is 5.30. The van der Waals surface area contributed by atoms with E-state index in [0.717, 1.165) is 35.8 Å². The Bertz CT molecular complexity index is 430. The lowest BCUT2D eigenvalue weighted by Gasteiger charge is -2.20. The summed E-state index contributed by atoms with van der Waals surface area (Å²) in [5.74, 6) is 2.59. The monoisotopic (exact) mass is 278 g/mol. The minimum atomic E-state index is -0.394. The van der Waals surface area contributed by atoms with Crippen LogP contribution in [0.4, 0.5) is 0 Å². The molecule has 1 saturated carbocycles. The van der Waals surface area contributed by atoms with Gasteiger partial charge in [-0.1, -0.05) is 19.4 Å². The first-order valence-electron chi connectivity index (χ1n) is 7.73. The molecule has 0 amide bonds. The van der Waals surface area contributed by atoms with Crippen molar-refractivity contribution in [3.63, 3.8) is 0 Å². The van der Waals surface area contributed by atoms with Gasteiger partial charge >= 0.3 is 0 Å². The highest BCUT2D eigenvalue weighted by molar-refractivity contribution is 5.43. The van der Waals surface area contributed by atoms with Gasteiger partial charge in [0.25, 0.3) is 0 Å². The van der Waals surface area contributed by atoms with E-state index in [2.05, 4.69) is 6.92 Å². The Labute approximate surface area is 121 Å². The summed E-state index contributed by atoms with van der Waals surface area (Å²) in [6.07, 6.45) is 3.05. The van der Waals surface area contributed by atoms with Crippen LogP contribution in [-0.4, -0.2) is 18.3 Å². The third-order valence-corrected chi connectivity index (χ3v) is 4.09. The fraction of sp³-hybridized carbons (Fsp3) is 0.647. The first-order valence-corrected chi connectivity index (χ1v) is 7.73. The van der Waals surface area contributed by atoms with Gasteiger partial charge in [0.15, 0.2) is 11.5 Å². The highest BCUT2D eigenvalue weighted by Gasteiger charge is 2.28. The molecule has 112 valence electrons. The van der Waals surface area contributed by atoms with Crippen LogP contribution in [0.1, 0.15) is 51.7 Å². The van der Waals surface area contributed by atoms with Crippen molar-refractivity contribution in [3.05, 3.63) is 23.8 Å². The van der Waals surface area contributed by atoms with Crippen molar-refractivity contribution in [1.82, 2.24) is 0 Å². The van der Waals surface area contributed by atoms with Gasteiger partial charge in [-0.25, -0.2) is 0 Å². The van der Waals surface area contributed by atoms with Crippen LogP contribution in [0.5, 0.6) is 11.5 Å². The lowest BCUT2D eigenvalue weighted by molar-refractivity contribution is 0.109. The molecule has 2 rings (SSSR count). The predicted octanol–water partition coefficient (Wildman–Crippen LogP) is 3.95.